The van der Waals surface area contributed by atoms with Crippen LogP contribution < -0.4 is 14.2 Å². The first kappa shape index (κ1) is 20.4. The van der Waals surface area contributed by atoms with Gasteiger partial charge in [0.05, 0.1) is 12.0 Å². The number of sulfonamides is 1. The van der Waals surface area contributed by atoms with Crippen LogP contribution in [0, 0.1) is 6.92 Å². The lowest BCUT2D eigenvalue weighted by Crippen LogP contribution is -2.12. The second-order valence-electron chi connectivity index (χ2n) is 6.49. The van der Waals surface area contributed by atoms with Crippen molar-refractivity contribution in [1.82, 2.24) is 19.5 Å². The number of methoxy groups -OCH3 is 1. The molecule has 2 heterocycles. The molecular formula is C21H19N5O4S. The molecule has 158 valence electrons. The van der Waals surface area contributed by atoms with Crippen LogP contribution in [0.15, 0.2) is 78.2 Å². The third kappa shape index (κ3) is 4.81. The molecule has 0 atom stereocenters. The van der Waals surface area contributed by atoms with Crippen molar-refractivity contribution in [3.8, 4) is 23.2 Å². The van der Waals surface area contributed by atoms with E-state index in [1.807, 2.05) is 0 Å². The fraction of sp³-hybridized carbons (Fsp3) is 0.0952. The second-order valence-corrected chi connectivity index (χ2v) is 8.17. The first-order valence-electron chi connectivity index (χ1n) is 9.22. The van der Waals surface area contributed by atoms with Crippen molar-refractivity contribution in [2.24, 2.45) is 0 Å². The molecule has 4 aromatic rings. The molecule has 0 unspecified atom stereocenters. The Hall–Kier alpha value is -3.92. The third-order valence-corrected chi connectivity index (χ3v) is 5.67. The Morgan fingerprint density at radius 1 is 0.968 bits per heavy atom. The van der Waals surface area contributed by atoms with E-state index in [1.165, 1.54) is 19.2 Å². The zero-order chi connectivity index (χ0) is 21.8. The Balaban J connectivity index is 1.48. The van der Waals surface area contributed by atoms with Gasteiger partial charge in [-0.25, -0.2) is 18.4 Å². The largest absolute Gasteiger partial charge is 0.497 e. The van der Waals surface area contributed by atoms with Crippen LogP contribution >= 0.6 is 0 Å². The summed E-state index contributed by atoms with van der Waals surface area (Å²) in [4.78, 5) is 12.8. The zero-order valence-corrected chi connectivity index (χ0v) is 17.6. The van der Waals surface area contributed by atoms with Gasteiger partial charge in [-0.1, -0.05) is 0 Å². The molecule has 9 nitrogen and oxygen atoms in total. The summed E-state index contributed by atoms with van der Waals surface area (Å²) in [7, 11) is -2.20. The molecule has 0 aliphatic heterocycles. The number of anilines is 1. The van der Waals surface area contributed by atoms with Crippen LogP contribution in [0.3, 0.4) is 0 Å². The number of ether oxygens (including phenoxy) is 2. The van der Waals surface area contributed by atoms with E-state index in [1.54, 1.807) is 72.7 Å². The lowest BCUT2D eigenvalue weighted by atomic mass is 10.3. The molecule has 0 saturated heterocycles. The molecule has 31 heavy (non-hydrogen) atoms. The highest BCUT2D eigenvalue weighted by molar-refractivity contribution is 7.92. The van der Waals surface area contributed by atoms with Gasteiger partial charge < -0.3 is 9.47 Å². The minimum atomic E-state index is -3.72. The highest BCUT2D eigenvalue weighted by atomic mass is 32.2. The molecule has 2 aromatic heterocycles. The van der Waals surface area contributed by atoms with Gasteiger partial charge in [-0.2, -0.15) is 4.98 Å². The minimum absolute atomic E-state index is 0.136. The SMILES string of the molecule is COc1ccc(S(=O)(=O)Nc2ccc(Oc3cc(-n4ccnc4)nc(C)n3)cc2)cc1. The summed E-state index contributed by atoms with van der Waals surface area (Å²) in [5, 5.41) is 0. The van der Waals surface area contributed by atoms with Gasteiger partial charge in [0, 0.05) is 24.1 Å². The van der Waals surface area contributed by atoms with Crippen molar-refractivity contribution in [3.63, 3.8) is 0 Å². The van der Waals surface area contributed by atoms with E-state index in [0.717, 1.165) is 0 Å². The number of imidazole rings is 1. The van der Waals surface area contributed by atoms with E-state index in [-0.39, 0.29) is 4.90 Å². The summed E-state index contributed by atoms with van der Waals surface area (Å²) in [6, 6.07) is 14.4. The molecule has 0 fully saturated rings. The molecule has 0 aliphatic carbocycles. The van der Waals surface area contributed by atoms with Gasteiger partial charge in [-0.15, -0.1) is 0 Å². The van der Waals surface area contributed by atoms with Crippen LogP contribution in [0.25, 0.3) is 5.82 Å². The number of rotatable bonds is 7. The summed E-state index contributed by atoms with van der Waals surface area (Å²) >= 11 is 0. The monoisotopic (exact) mass is 437 g/mol. The predicted octanol–water partition coefficient (Wildman–Crippen LogP) is 3.57. The maximum atomic E-state index is 12.6. The Morgan fingerprint density at radius 2 is 1.68 bits per heavy atom. The van der Waals surface area contributed by atoms with Crippen LogP contribution in [0.2, 0.25) is 0 Å². The van der Waals surface area contributed by atoms with E-state index in [9.17, 15) is 8.42 Å². The van der Waals surface area contributed by atoms with Crippen molar-refractivity contribution in [2.75, 3.05) is 11.8 Å². The van der Waals surface area contributed by atoms with E-state index < -0.39 is 10.0 Å². The lowest BCUT2D eigenvalue weighted by molar-refractivity contribution is 0.414. The van der Waals surface area contributed by atoms with Gasteiger partial charge in [0.15, 0.2) is 0 Å². The van der Waals surface area contributed by atoms with Gasteiger partial charge >= 0.3 is 0 Å². The highest BCUT2D eigenvalue weighted by Gasteiger charge is 2.14. The number of aryl methyl sites for hydroxylation is 1. The Labute approximate surface area is 179 Å². The Morgan fingerprint density at radius 3 is 2.32 bits per heavy atom. The fourth-order valence-corrected chi connectivity index (χ4v) is 3.84. The van der Waals surface area contributed by atoms with Crippen molar-refractivity contribution in [2.45, 2.75) is 11.8 Å². The molecule has 0 amide bonds. The second kappa shape index (κ2) is 8.44. The van der Waals surface area contributed by atoms with Crippen LogP contribution in [-0.4, -0.2) is 35.0 Å². The van der Waals surface area contributed by atoms with Gasteiger partial charge in [0.1, 0.15) is 29.5 Å². The number of benzene rings is 2. The zero-order valence-electron chi connectivity index (χ0n) is 16.8. The van der Waals surface area contributed by atoms with Crippen LogP contribution in [0.1, 0.15) is 5.82 Å². The summed E-state index contributed by atoms with van der Waals surface area (Å²) in [5.41, 5.74) is 0.404. The van der Waals surface area contributed by atoms with Crippen molar-refractivity contribution < 1.29 is 17.9 Å². The normalized spacial score (nSPS) is 11.2. The number of nitrogens with one attached hydrogen (secondary N) is 1. The standard InChI is InChI=1S/C21H19N5O4S/c1-15-23-20(26-12-11-22-14-26)13-21(24-15)30-18-5-3-16(4-6-18)25-31(27,28)19-9-7-17(29-2)8-10-19/h3-14,25H,1-2H3. The Kier molecular flexibility index (Phi) is 5.54. The summed E-state index contributed by atoms with van der Waals surface area (Å²) in [6.45, 7) is 1.77. The van der Waals surface area contributed by atoms with Gasteiger partial charge in [0.25, 0.3) is 10.0 Å². The number of hydrogen-bond donors (Lipinski definition) is 1. The van der Waals surface area contributed by atoms with Gasteiger partial charge in [-0.05, 0) is 55.5 Å². The average molecular weight is 437 g/mol. The van der Waals surface area contributed by atoms with Gasteiger partial charge in [0.2, 0.25) is 5.88 Å². The number of hydrogen-bond acceptors (Lipinski definition) is 7. The molecule has 1 N–H and O–H groups in total. The summed E-state index contributed by atoms with van der Waals surface area (Å²) in [6.07, 6.45) is 5.06. The first-order valence-corrected chi connectivity index (χ1v) is 10.7. The molecule has 0 radical (unpaired) electrons. The molecule has 0 bridgehead atoms. The fourth-order valence-electron chi connectivity index (χ4n) is 2.79. The molecule has 0 spiro atoms. The van der Waals surface area contributed by atoms with Crippen LogP contribution in [0.4, 0.5) is 5.69 Å². The predicted molar refractivity (Wildman–Crippen MR) is 114 cm³/mol. The summed E-state index contributed by atoms with van der Waals surface area (Å²) in [5.74, 6) is 2.62. The molecule has 10 heteroatoms. The van der Waals surface area contributed by atoms with Crippen molar-refractivity contribution >= 4 is 15.7 Å². The molecular weight excluding hydrogens is 418 g/mol. The quantitative estimate of drug-likeness (QED) is 0.471. The minimum Gasteiger partial charge on any atom is -0.497 e. The van der Waals surface area contributed by atoms with E-state index in [4.69, 9.17) is 9.47 Å². The molecule has 0 saturated carbocycles. The van der Waals surface area contributed by atoms with E-state index >= 15 is 0 Å². The summed E-state index contributed by atoms with van der Waals surface area (Å²) < 4.78 is 40.3. The van der Waals surface area contributed by atoms with Crippen LogP contribution in [0.5, 0.6) is 17.4 Å². The average Bonchev–Trinajstić information content (AvgIpc) is 3.30. The number of nitrogens with zero attached hydrogens (tertiary/aromatic N) is 4. The maximum absolute atomic E-state index is 12.6. The molecule has 4 rings (SSSR count). The van der Waals surface area contributed by atoms with Crippen molar-refractivity contribution in [1.29, 1.82) is 0 Å². The number of aromatic nitrogens is 4. The first-order chi connectivity index (χ1) is 14.9. The topological polar surface area (TPSA) is 108 Å². The van der Waals surface area contributed by atoms with Gasteiger partial charge in [-0.3, -0.25) is 9.29 Å². The van der Waals surface area contributed by atoms with E-state index in [0.29, 0.717) is 34.7 Å². The smallest absolute Gasteiger partial charge is 0.261 e. The third-order valence-electron chi connectivity index (χ3n) is 4.27. The van der Waals surface area contributed by atoms with Crippen molar-refractivity contribution in [3.05, 3.63) is 79.1 Å². The molecule has 2 aromatic carbocycles. The highest BCUT2D eigenvalue weighted by Crippen LogP contribution is 2.25. The Bertz CT molecular complexity index is 1270. The maximum Gasteiger partial charge on any atom is 0.261 e. The van der Waals surface area contributed by atoms with E-state index in [2.05, 4.69) is 19.7 Å². The van der Waals surface area contributed by atoms with Crippen LogP contribution in [-0.2, 0) is 10.0 Å². The molecule has 0 aliphatic rings. The lowest BCUT2D eigenvalue weighted by Gasteiger charge is -2.11.